The molecule has 4 nitrogen and oxygen atoms in total. The molecule has 0 aliphatic heterocycles. The summed E-state index contributed by atoms with van der Waals surface area (Å²) in [6.45, 7) is 0.938. The number of hydrogen-bond acceptors (Lipinski definition) is 3. The maximum atomic E-state index is 10.9. The minimum absolute atomic E-state index is 0.0630. The Morgan fingerprint density at radius 2 is 1.80 bits per heavy atom. The van der Waals surface area contributed by atoms with Crippen molar-refractivity contribution in [3.05, 3.63) is 73.8 Å². The third-order valence-corrected chi connectivity index (χ3v) is 3.24. The van der Waals surface area contributed by atoms with Crippen LogP contribution in [0.1, 0.15) is 11.1 Å². The Balaban J connectivity index is 2.04. The predicted molar refractivity (Wildman–Crippen MR) is 80.1 cm³/mol. The first kappa shape index (κ1) is 14.8. The molecule has 0 saturated heterocycles. The van der Waals surface area contributed by atoms with E-state index in [4.69, 9.17) is 23.2 Å². The van der Waals surface area contributed by atoms with Crippen LogP contribution in [0.15, 0.2) is 42.5 Å². The van der Waals surface area contributed by atoms with Gasteiger partial charge in [-0.15, -0.1) is 0 Å². The number of nitrogens with one attached hydrogen (secondary N) is 1. The van der Waals surface area contributed by atoms with E-state index in [1.54, 1.807) is 12.1 Å². The quantitative estimate of drug-likeness (QED) is 0.665. The van der Waals surface area contributed by atoms with Crippen molar-refractivity contribution in [2.24, 2.45) is 0 Å². The van der Waals surface area contributed by atoms with E-state index in [1.165, 1.54) is 12.1 Å². The van der Waals surface area contributed by atoms with Crippen molar-refractivity contribution in [2.75, 3.05) is 0 Å². The summed E-state index contributed by atoms with van der Waals surface area (Å²) in [6.07, 6.45) is 0. The number of rotatable bonds is 5. The largest absolute Gasteiger partial charge is 0.308 e. The molecule has 6 heteroatoms. The van der Waals surface area contributed by atoms with Gasteiger partial charge >= 0.3 is 0 Å². The minimum Gasteiger partial charge on any atom is -0.308 e. The molecule has 2 rings (SSSR count). The van der Waals surface area contributed by atoms with Crippen molar-refractivity contribution in [3.63, 3.8) is 0 Å². The van der Waals surface area contributed by atoms with E-state index in [2.05, 4.69) is 5.32 Å². The molecule has 1 N–H and O–H groups in total. The van der Waals surface area contributed by atoms with Crippen molar-refractivity contribution >= 4 is 28.9 Å². The van der Waals surface area contributed by atoms with Gasteiger partial charge in [0, 0.05) is 34.8 Å². The fourth-order valence-electron chi connectivity index (χ4n) is 1.86. The molecule has 0 bridgehead atoms. The van der Waals surface area contributed by atoms with Crippen LogP contribution in [0.3, 0.4) is 0 Å². The van der Waals surface area contributed by atoms with E-state index < -0.39 is 4.92 Å². The average molecular weight is 311 g/mol. The molecule has 0 unspecified atom stereocenters. The molecular weight excluding hydrogens is 299 g/mol. The second kappa shape index (κ2) is 6.70. The monoisotopic (exact) mass is 310 g/mol. The van der Waals surface area contributed by atoms with Crippen molar-refractivity contribution < 1.29 is 4.92 Å². The number of hydrogen-bond donors (Lipinski definition) is 1. The van der Waals surface area contributed by atoms with Crippen LogP contribution in [0.2, 0.25) is 10.0 Å². The lowest BCUT2D eigenvalue weighted by Crippen LogP contribution is -2.13. The Hall–Kier alpha value is -1.62. The van der Waals surface area contributed by atoms with Crippen LogP contribution < -0.4 is 5.32 Å². The standard InChI is InChI=1S/C14H12Cl2N2O2/c15-12-3-1-2-10(6-12)8-17-9-11-7-13(16)4-5-14(11)18(19)20/h1-7,17H,8-9H2. The molecule has 0 heterocycles. The van der Waals surface area contributed by atoms with Crippen molar-refractivity contribution in [1.82, 2.24) is 5.32 Å². The first-order valence-electron chi connectivity index (χ1n) is 5.94. The zero-order valence-corrected chi connectivity index (χ0v) is 12.0. The molecule has 20 heavy (non-hydrogen) atoms. The summed E-state index contributed by atoms with van der Waals surface area (Å²) >= 11 is 11.8. The maximum absolute atomic E-state index is 10.9. The van der Waals surface area contributed by atoms with Gasteiger partial charge in [0.1, 0.15) is 0 Å². The number of nitrogens with zero attached hydrogens (tertiary/aromatic N) is 1. The Morgan fingerprint density at radius 3 is 2.50 bits per heavy atom. The van der Waals surface area contributed by atoms with Crippen LogP contribution in [0.25, 0.3) is 0 Å². The highest BCUT2D eigenvalue weighted by atomic mass is 35.5. The number of nitro benzene ring substituents is 1. The summed E-state index contributed by atoms with van der Waals surface area (Å²) in [5.74, 6) is 0. The van der Waals surface area contributed by atoms with Crippen LogP contribution in [0.4, 0.5) is 5.69 Å². The first-order chi connectivity index (χ1) is 9.56. The third kappa shape index (κ3) is 3.93. The number of nitro groups is 1. The lowest BCUT2D eigenvalue weighted by Gasteiger charge is -2.07. The summed E-state index contributed by atoms with van der Waals surface area (Å²) in [5, 5.41) is 15.2. The summed E-state index contributed by atoms with van der Waals surface area (Å²) in [4.78, 5) is 10.5. The van der Waals surface area contributed by atoms with Gasteiger partial charge in [0.2, 0.25) is 0 Å². The minimum atomic E-state index is -0.410. The van der Waals surface area contributed by atoms with Gasteiger partial charge in [-0.05, 0) is 29.8 Å². The summed E-state index contributed by atoms with van der Waals surface area (Å²) in [7, 11) is 0. The Morgan fingerprint density at radius 1 is 1.05 bits per heavy atom. The molecule has 0 saturated carbocycles. The zero-order valence-electron chi connectivity index (χ0n) is 10.5. The zero-order chi connectivity index (χ0) is 14.5. The Kier molecular flexibility index (Phi) is 4.95. The fourth-order valence-corrected chi connectivity index (χ4v) is 2.27. The van der Waals surface area contributed by atoms with Gasteiger partial charge in [0.15, 0.2) is 0 Å². The van der Waals surface area contributed by atoms with E-state index in [0.717, 1.165) is 5.56 Å². The Labute approximate surface area is 126 Å². The second-order valence-electron chi connectivity index (χ2n) is 4.26. The molecule has 0 radical (unpaired) electrons. The van der Waals surface area contributed by atoms with Crippen LogP contribution in [0, 0.1) is 10.1 Å². The first-order valence-corrected chi connectivity index (χ1v) is 6.70. The van der Waals surface area contributed by atoms with E-state index in [-0.39, 0.29) is 5.69 Å². The molecule has 0 atom stereocenters. The highest BCUT2D eigenvalue weighted by Gasteiger charge is 2.13. The van der Waals surface area contributed by atoms with Gasteiger partial charge in [0.25, 0.3) is 5.69 Å². The molecule has 0 aromatic heterocycles. The molecule has 0 amide bonds. The smallest absolute Gasteiger partial charge is 0.273 e. The van der Waals surface area contributed by atoms with E-state index in [0.29, 0.717) is 28.7 Å². The van der Waals surface area contributed by atoms with Gasteiger partial charge in [-0.1, -0.05) is 35.3 Å². The second-order valence-corrected chi connectivity index (χ2v) is 5.14. The normalized spacial score (nSPS) is 10.5. The molecule has 0 spiro atoms. The summed E-state index contributed by atoms with van der Waals surface area (Å²) in [5.41, 5.74) is 1.64. The predicted octanol–water partition coefficient (Wildman–Crippen LogP) is 4.19. The lowest BCUT2D eigenvalue weighted by atomic mass is 10.1. The number of halogens is 2. The van der Waals surface area contributed by atoms with Crippen LogP contribution in [-0.2, 0) is 13.1 Å². The highest BCUT2D eigenvalue weighted by molar-refractivity contribution is 6.30. The Bertz CT molecular complexity index is 632. The summed E-state index contributed by atoms with van der Waals surface area (Å²) < 4.78 is 0. The molecule has 104 valence electrons. The maximum Gasteiger partial charge on any atom is 0.273 e. The summed E-state index contributed by atoms with van der Waals surface area (Å²) in [6, 6.07) is 12.0. The van der Waals surface area contributed by atoms with E-state index in [1.807, 2.05) is 18.2 Å². The van der Waals surface area contributed by atoms with Gasteiger partial charge in [-0.3, -0.25) is 10.1 Å². The van der Waals surface area contributed by atoms with E-state index in [9.17, 15) is 10.1 Å². The van der Waals surface area contributed by atoms with Crippen molar-refractivity contribution in [1.29, 1.82) is 0 Å². The van der Waals surface area contributed by atoms with Gasteiger partial charge in [0.05, 0.1) is 4.92 Å². The highest BCUT2D eigenvalue weighted by Crippen LogP contribution is 2.22. The fraction of sp³-hybridized carbons (Fsp3) is 0.143. The van der Waals surface area contributed by atoms with E-state index >= 15 is 0 Å². The molecular formula is C14H12Cl2N2O2. The third-order valence-electron chi connectivity index (χ3n) is 2.77. The molecule has 0 aliphatic rings. The molecule has 0 aliphatic carbocycles. The van der Waals surface area contributed by atoms with Crippen molar-refractivity contribution in [2.45, 2.75) is 13.1 Å². The lowest BCUT2D eigenvalue weighted by molar-refractivity contribution is -0.385. The molecule has 0 fully saturated rings. The van der Waals surface area contributed by atoms with Crippen LogP contribution in [-0.4, -0.2) is 4.92 Å². The van der Waals surface area contributed by atoms with Crippen LogP contribution >= 0.6 is 23.2 Å². The van der Waals surface area contributed by atoms with Gasteiger partial charge in [-0.25, -0.2) is 0 Å². The van der Waals surface area contributed by atoms with Gasteiger partial charge in [-0.2, -0.15) is 0 Å². The number of benzene rings is 2. The van der Waals surface area contributed by atoms with Gasteiger partial charge < -0.3 is 5.32 Å². The average Bonchev–Trinajstić information content (AvgIpc) is 2.38. The van der Waals surface area contributed by atoms with Crippen LogP contribution in [0.5, 0.6) is 0 Å². The molecule has 2 aromatic carbocycles. The van der Waals surface area contributed by atoms with Crippen molar-refractivity contribution in [3.8, 4) is 0 Å². The SMILES string of the molecule is O=[N+]([O-])c1ccc(Cl)cc1CNCc1cccc(Cl)c1. The topological polar surface area (TPSA) is 55.2 Å². The molecule has 2 aromatic rings.